The maximum absolute atomic E-state index is 11.8. The van der Waals surface area contributed by atoms with Crippen LogP contribution < -0.4 is 0 Å². The zero-order valence-corrected chi connectivity index (χ0v) is 13.5. The highest BCUT2D eigenvalue weighted by Crippen LogP contribution is 2.28. The number of hydrogen-bond donors (Lipinski definition) is 0. The summed E-state index contributed by atoms with van der Waals surface area (Å²) in [5.74, 6) is 0.102. The Kier molecular flexibility index (Phi) is 3.64. The van der Waals surface area contributed by atoms with Gasteiger partial charge in [0.2, 0.25) is 5.91 Å². The molecule has 4 rings (SSSR count). The van der Waals surface area contributed by atoms with Crippen molar-refractivity contribution in [2.45, 2.75) is 25.1 Å². The summed E-state index contributed by atoms with van der Waals surface area (Å²) < 4.78 is 7.04. The summed E-state index contributed by atoms with van der Waals surface area (Å²) in [6, 6.07) is 11.0. The Morgan fingerprint density at radius 2 is 2.23 bits per heavy atom. The molecule has 1 aromatic carbocycles. The average Bonchev–Trinajstić information content (AvgIpc) is 2.93. The number of likely N-dealkylation sites (N-methyl/N-ethyl adjacent to an activating group) is 1. The Hall–Kier alpha value is -1.43. The second-order valence-electron chi connectivity index (χ2n) is 6.20. The van der Waals surface area contributed by atoms with E-state index in [9.17, 15) is 4.79 Å². The highest BCUT2D eigenvalue weighted by Gasteiger charge is 2.38. The van der Waals surface area contributed by atoms with Gasteiger partial charge in [-0.05, 0) is 23.9 Å². The maximum Gasteiger partial charge on any atom is 0.248 e. The molecule has 3 heterocycles. The van der Waals surface area contributed by atoms with Gasteiger partial charge in [-0.15, -0.1) is 11.3 Å². The summed E-state index contributed by atoms with van der Waals surface area (Å²) in [4.78, 5) is 17.5. The number of ether oxygens (including phenoxy) is 1. The second kappa shape index (κ2) is 5.65. The van der Waals surface area contributed by atoms with Crippen LogP contribution in [-0.2, 0) is 16.1 Å². The fraction of sp³-hybridized carbons (Fsp3) is 0.471. The molecule has 2 aliphatic heterocycles. The molecule has 116 valence electrons. The summed E-state index contributed by atoms with van der Waals surface area (Å²) in [6.45, 7) is 3.15. The fourth-order valence-electron chi connectivity index (χ4n) is 3.49. The predicted octanol–water partition coefficient (Wildman–Crippen LogP) is 2.33. The van der Waals surface area contributed by atoms with E-state index in [0.717, 1.165) is 26.1 Å². The van der Waals surface area contributed by atoms with Crippen molar-refractivity contribution in [3.05, 3.63) is 35.2 Å². The number of morpholine rings is 1. The summed E-state index contributed by atoms with van der Waals surface area (Å²) in [7, 11) is 1.91. The minimum atomic E-state index is 0.102. The van der Waals surface area contributed by atoms with Crippen LogP contribution in [0.1, 0.15) is 11.3 Å². The van der Waals surface area contributed by atoms with Gasteiger partial charge >= 0.3 is 0 Å². The highest BCUT2D eigenvalue weighted by molar-refractivity contribution is 7.19. The third-order valence-corrected chi connectivity index (χ3v) is 5.87. The number of piperidine rings is 1. The standard InChI is InChI=1S/C17H20N2O2S/c1-18-14-10-19(7-6-15(14)21-11-17(18)20)9-13-8-12-4-2-3-5-16(12)22-13/h2-5,8,14-15H,6-7,9-11H2,1H3/t14-,15-/m0/s1. The van der Waals surface area contributed by atoms with E-state index in [1.165, 1.54) is 15.0 Å². The van der Waals surface area contributed by atoms with Crippen LogP contribution in [-0.4, -0.2) is 54.6 Å². The number of benzene rings is 1. The molecule has 2 fully saturated rings. The SMILES string of the molecule is CN1C(=O)CO[C@H]2CCN(Cc3cc4ccccc4s3)C[C@@H]21. The molecule has 0 aliphatic carbocycles. The lowest BCUT2D eigenvalue weighted by Gasteiger charge is -2.45. The third kappa shape index (κ3) is 2.53. The van der Waals surface area contributed by atoms with Crippen molar-refractivity contribution in [2.75, 3.05) is 26.7 Å². The van der Waals surface area contributed by atoms with Gasteiger partial charge in [0.25, 0.3) is 0 Å². The van der Waals surface area contributed by atoms with Gasteiger partial charge in [-0.2, -0.15) is 0 Å². The van der Waals surface area contributed by atoms with E-state index < -0.39 is 0 Å². The lowest BCUT2D eigenvalue weighted by Crippen LogP contribution is -2.60. The largest absolute Gasteiger partial charge is 0.366 e. The number of rotatable bonds is 2. The topological polar surface area (TPSA) is 32.8 Å². The molecule has 2 aliphatic rings. The van der Waals surface area contributed by atoms with Gasteiger partial charge in [-0.3, -0.25) is 9.69 Å². The molecular formula is C17H20N2O2S. The Morgan fingerprint density at radius 1 is 1.36 bits per heavy atom. The van der Waals surface area contributed by atoms with E-state index in [2.05, 4.69) is 35.2 Å². The Bertz CT molecular complexity index is 666. The number of fused-ring (bicyclic) bond motifs is 2. The number of carbonyl (C=O) groups is 1. The van der Waals surface area contributed by atoms with Gasteiger partial charge in [0.05, 0.1) is 12.1 Å². The average molecular weight is 316 g/mol. The van der Waals surface area contributed by atoms with E-state index in [-0.39, 0.29) is 24.7 Å². The highest BCUT2D eigenvalue weighted by atomic mass is 32.1. The van der Waals surface area contributed by atoms with Gasteiger partial charge in [0, 0.05) is 36.3 Å². The molecule has 4 nitrogen and oxygen atoms in total. The first-order chi connectivity index (χ1) is 10.7. The summed E-state index contributed by atoms with van der Waals surface area (Å²) in [6.07, 6.45) is 1.22. The first kappa shape index (κ1) is 14.2. The van der Waals surface area contributed by atoms with Crippen LogP contribution in [0.3, 0.4) is 0 Å². The molecule has 1 aromatic heterocycles. The van der Waals surface area contributed by atoms with Gasteiger partial charge in [-0.1, -0.05) is 18.2 Å². The van der Waals surface area contributed by atoms with Crippen LogP contribution >= 0.6 is 11.3 Å². The maximum atomic E-state index is 11.8. The van der Waals surface area contributed by atoms with Crippen LogP contribution in [0.5, 0.6) is 0 Å². The molecule has 22 heavy (non-hydrogen) atoms. The number of nitrogens with zero attached hydrogens (tertiary/aromatic N) is 2. The Labute approximate surface area is 134 Å². The molecule has 0 unspecified atom stereocenters. The summed E-state index contributed by atoms with van der Waals surface area (Å²) >= 11 is 1.87. The smallest absolute Gasteiger partial charge is 0.248 e. The van der Waals surface area contributed by atoms with Crippen molar-refractivity contribution < 1.29 is 9.53 Å². The molecule has 2 atom stereocenters. The van der Waals surface area contributed by atoms with Gasteiger partial charge in [0.1, 0.15) is 6.61 Å². The zero-order chi connectivity index (χ0) is 15.1. The Morgan fingerprint density at radius 3 is 3.09 bits per heavy atom. The van der Waals surface area contributed by atoms with Gasteiger partial charge in [0.15, 0.2) is 0 Å². The fourth-order valence-corrected chi connectivity index (χ4v) is 4.59. The van der Waals surface area contributed by atoms with E-state index in [1.54, 1.807) is 0 Å². The summed E-state index contributed by atoms with van der Waals surface area (Å²) in [5, 5.41) is 1.32. The van der Waals surface area contributed by atoms with Crippen LogP contribution in [0.25, 0.3) is 10.1 Å². The molecule has 0 spiro atoms. The molecule has 5 heteroatoms. The Balaban J connectivity index is 1.48. The zero-order valence-electron chi connectivity index (χ0n) is 12.7. The monoisotopic (exact) mass is 316 g/mol. The van der Waals surface area contributed by atoms with Crippen molar-refractivity contribution in [3.8, 4) is 0 Å². The van der Waals surface area contributed by atoms with Crippen molar-refractivity contribution in [1.29, 1.82) is 0 Å². The predicted molar refractivity (Wildman–Crippen MR) is 88.0 cm³/mol. The minimum Gasteiger partial charge on any atom is -0.366 e. The lowest BCUT2D eigenvalue weighted by molar-refractivity contribution is -0.160. The van der Waals surface area contributed by atoms with Gasteiger partial charge < -0.3 is 9.64 Å². The number of likely N-dealkylation sites (tertiary alicyclic amines) is 1. The number of hydrogen-bond acceptors (Lipinski definition) is 4. The van der Waals surface area contributed by atoms with Crippen LogP contribution in [0.4, 0.5) is 0 Å². The molecule has 2 saturated heterocycles. The third-order valence-electron chi connectivity index (χ3n) is 4.77. The quantitative estimate of drug-likeness (QED) is 0.852. The first-order valence-electron chi connectivity index (χ1n) is 7.78. The molecule has 2 aromatic rings. The normalized spacial score (nSPS) is 26.4. The van der Waals surface area contributed by atoms with Gasteiger partial charge in [-0.25, -0.2) is 0 Å². The number of thiophene rings is 1. The summed E-state index contributed by atoms with van der Waals surface area (Å²) in [5.41, 5.74) is 0. The second-order valence-corrected chi connectivity index (χ2v) is 7.36. The van der Waals surface area contributed by atoms with E-state index >= 15 is 0 Å². The molecule has 1 amide bonds. The van der Waals surface area contributed by atoms with Crippen molar-refractivity contribution >= 4 is 27.3 Å². The number of amides is 1. The van der Waals surface area contributed by atoms with E-state index in [0.29, 0.717) is 0 Å². The molecule has 0 N–H and O–H groups in total. The molecule has 0 radical (unpaired) electrons. The van der Waals surface area contributed by atoms with Crippen molar-refractivity contribution in [1.82, 2.24) is 9.80 Å². The molecular weight excluding hydrogens is 296 g/mol. The van der Waals surface area contributed by atoms with Crippen LogP contribution in [0.2, 0.25) is 0 Å². The van der Waals surface area contributed by atoms with Crippen molar-refractivity contribution in [2.24, 2.45) is 0 Å². The van der Waals surface area contributed by atoms with Crippen LogP contribution in [0, 0.1) is 0 Å². The first-order valence-corrected chi connectivity index (χ1v) is 8.59. The lowest BCUT2D eigenvalue weighted by atomic mass is 9.99. The minimum absolute atomic E-state index is 0.102. The molecule has 0 bridgehead atoms. The van der Waals surface area contributed by atoms with E-state index in [1.807, 2.05) is 23.3 Å². The van der Waals surface area contributed by atoms with E-state index in [4.69, 9.17) is 4.74 Å². The molecule has 0 saturated carbocycles. The van der Waals surface area contributed by atoms with Crippen LogP contribution in [0.15, 0.2) is 30.3 Å². The van der Waals surface area contributed by atoms with Crippen molar-refractivity contribution in [3.63, 3.8) is 0 Å². The number of carbonyl (C=O) groups excluding carboxylic acids is 1.